The molecule has 0 aromatic heterocycles. The third-order valence-corrected chi connectivity index (χ3v) is 3.30. The minimum atomic E-state index is -1.04. The third-order valence-electron chi connectivity index (χ3n) is 3.30. The quantitative estimate of drug-likeness (QED) is 0.608. The summed E-state index contributed by atoms with van der Waals surface area (Å²) in [4.78, 5) is 22.7. The zero-order chi connectivity index (χ0) is 12.6. The van der Waals surface area contributed by atoms with Gasteiger partial charge in [0.25, 0.3) is 0 Å². The molecule has 7 heteroatoms. The molecular formula is C10H15NO6. The van der Waals surface area contributed by atoms with Crippen molar-refractivity contribution in [3.63, 3.8) is 0 Å². The molecule has 1 saturated heterocycles. The van der Waals surface area contributed by atoms with Crippen LogP contribution in [-0.2, 0) is 19.0 Å². The fourth-order valence-electron chi connectivity index (χ4n) is 2.46. The van der Waals surface area contributed by atoms with Crippen molar-refractivity contribution in [3.8, 4) is 0 Å². The van der Waals surface area contributed by atoms with E-state index in [0.717, 1.165) is 0 Å². The number of hydrogen-bond donors (Lipinski definition) is 2. The molecule has 7 nitrogen and oxygen atoms in total. The van der Waals surface area contributed by atoms with Crippen LogP contribution in [0.5, 0.6) is 0 Å². The fraction of sp³-hybridized carbons (Fsp3) is 0.800. The van der Waals surface area contributed by atoms with Crippen LogP contribution in [0.2, 0.25) is 0 Å². The van der Waals surface area contributed by atoms with Gasteiger partial charge in [-0.15, -0.1) is 0 Å². The molecule has 2 N–H and O–H groups in total. The van der Waals surface area contributed by atoms with E-state index in [1.54, 1.807) is 0 Å². The van der Waals surface area contributed by atoms with E-state index in [0.29, 0.717) is 0 Å². The molecule has 2 fully saturated rings. The number of hydrogen-bond acceptors (Lipinski definition) is 6. The fourth-order valence-corrected chi connectivity index (χ4v) is 2.46. The Morgan fingerprint density at radius 2 is 2.24 bits per heavy atom. The minimum Gasteiger partial charge on any atom is -0.469 e. The van der Waals surface area contributed by atoms with Crippen molar-refractivity contribution in [2.45, 2.75) is 30.8 Å². The Balaban J connectivity index is 2.19. The van der Waals surface area contributed by atoms with Crippen LogP contribution >= 0.6 is 0 Å². The number of ether oxygens (including phenoxy) is 3. The highest BCUT2D eigenvalue weighted by Crippen LogP contribution is 2.32. The average molecular weight is 245 g/mol. The van der Waals surface area contributed by atoms with Crippen molar-refractivity contribution in [3.05, 3.63) is 0 Å². The van der Waals surface area contributed by atoms with E-state index < -0.39 is 36.3 Å². The summed E-state index contributed by atoms with van der Waals surface area (Å²) in [7, 11) is 2.66. The first kappa shape index (κ1) is 12.1. The summed E-state index contributed by atoms with van der Waals surface area (Å²) >= 11 is 0. The van der Waals surface area contributed by atoms with Gasteiger partial charge in [-0.05, 0) is 6.42 Å². The highest BCUT2D eigenvalue weighted by Gasteiger charge is 2.52. The van der Waals surface area contributed by atoms with E-state index in [1.807, 2.05) is 0 Å². The lowest BCUT2D eigenvalue weighted by molar-refractivity contribution is -0.166. The molecule has 1 amide bonds. The zero-order valence-corrected chi connectivity index (χ0v) is 9.58. The lowest BCUT2D eigenvalue weighted by Crippen LogP contribution is -2.57. The topological polar surface area (TPSA) is 94.1 Å². The van der Waals surface area contributed by atoms with Crippen LogP contribution in [0.25, 0.3) is 0 Å². The summed E-state index contributed by atoms with van der Waals surface area (Å²) in [5.41, 5.74) is 0. The van der Waals surface area contributed by atoms with Gasteiger partial charge in [0.05, 0.1) is 25.2 Å². The van der Waals surface area contributed by atoms with Crippen LogP contribution < -0.4 is 5.32 Å². The lowest BCUT2D eigenvalue weighted by Gasteiger charge is -2.38. The Labute approximate surface area is 98.0 Å². The standard InChI is InChI=1S/C10H15NO6/c1-15-8-6(12)4(9(13)16-2)3-5-7(8)17-10(14)11-5/h4-8,12H,3H2,1-2H3,(H,11,14). The van der Waals surface area contributed by atoms with Crippen molar-refractivity contribution < 1.29 is 28.9 Å². The van der Waals surface area contributed by atoms with Crippen molar-refractivity contribution >= 4 is 12.1 Å². The monoisotopic (exact) mass is 245 g/mol. The second-order valence-corrected chi connectivity index (χ2v) is 4.18. The van der Waals surface area contributed by atoms with Gasteiger partial charge in [0.2, 0.25) is 0 Å². The molecule has 0 aromatic carbocycles. The highest BCUT2D eigenvalue weighted by atomic mass is 16.6. The van der Waals surface area contributed by atoms with Gasteiger partial charge in [-0.2, -0.15) is 0 Å². The third kappa shape index (κ3) is 1.96. The molecule has 0 radical (unpaired) electrons. The maximum Gasteiger partial charge on any atom is 0.407 e. The van der Waals surface area contributed by atoms with Crippen molar-refractivity contribution in [2.75, 3.05) is 14.2 Å². The molecule has 5 atom stereocenters. The average Bonchev–Trinajstić information content (AvgIpc) is 2.67. The van der Waals surface area contributed by atoms with Crippen LogP contribution in [-0.4, -0.2) is 55.7 Å². The van der Waals surface area contributed by atoms with Crippen molar-refractivity contribution in [1.82, 2.24) is 5.32 Å². The van der Waals surface area contributed by atoms with E-state index in [2.05, 4.69) is 10.1 Å². The Morgan fingerprint density at radius 1 is 1.53 bits per heavy atom. The van der Waals surface area contributed by atoms with Crippen LogP contribution in [0, 0.1) is 5.92 Å². The van der Waals surface area contributed by atoms with Crippen LogP contribution in [0.15, 0.2) is 0 Å². The summed E-state index contributed by atoms with van der Waals surface area (Å²) in [6.45, 7) is 0. The normalized spacial score (nSPS) is 40.2. The maximum atomic E-state index is 11.5. The molecule has 2 aliphatic rings. The number of carbonyl (C=O) groups is 2. The molecule has 5 unspecified atom stereocenters. The van der Waals surface area contributed by atoms with Gasteiger partial charge >= 0.3 is 12.1 Å². The van der Waals surface area contributed by atoms with Crippen LogP contribution in [0.1, 0.15) is 6.42 Å². The lowest BCUT2D eigenvalue weighted by atomic mass is 9.79. The summed E-state index contributed by atoms with van der Waals surface area (Å²) in [5, 5.41) is 12.6. The van der Waals surface area contributed by atoms with Gasteiger partial charge in [-0.25, -0.2) is 4.79 Å². The molecule has 17 heavy (non-hydrogen) atoms. The number of alkyl carbamates (subject to hydrolysis) is 1. The summed E-state index contributed by atoms with van der Waals surface area (Å²) in [5.74, 6) is -1.23. The second kappa shape index (κ2) is 4.50. The number of carbonyl (C=O) groups excluding carboxylic acids is 2. The Hall–Kier alpha value is -1.34. The molecule has 0 bridgehead atoms. The number of methoxy groups -OCH3 is 2. The molecule has 96 valence electrons. The number of nitrogens with one attached hydrogen (secondary N) is 1. The van der Waals surface area contributed by atoms with Crippen LogP contribution in [0.3, 0.4) is 0 Å². The molecule has 1 heterocycles. The Kier molecular flexibility index (Phi) is 3.21. The molecule has 1 aliphatic carbocycles. The first-order chi connectivity index (χ1) is 8.08. The van der Waals surface area contributed by atoms with E-state index in [-0.39, 0.29) is 12.5 Å². The molecule has 2 rings (SSSR count). The second-order valence-electron chi connectivity index (χ2n) is 4.18. The van der Waals surface area contributed by atoms with E-state index in [1.165, 1.54) is 14.2 Å². The molecule has 1 aliphatic heterocycles. The summed E-state index contributed by atoms with van der Waals surface area (Å²) < 4.78 is 14.7. The van der Waals surface area contributed by atoms with Crippen LogP contribution in [0.4, 0.5) is 4.79 Å². The van der Waals surface area contributed by atoms with Gasteiger partial charge in [0.1, 0.15) is 6.10 Å². The molecule has 1 saturated carbocycles. The van der Waals surface area contributed by atoms with Gasteiger partial charge in [0.15, 0.2) is 6.10 Å². The smallest absolute Gasteiger partial charge is 0.407 e. The largest absolute Gasteiger partial charge is 0.469 e. The predicted octanol–water partition coefficient (Wildman–Crippen LogP) is -0.968. The SMILES string of the molecule is COC(=O)C1CC2NC(=O)OC2C(OC)C1O. The first-order valence-electron chi connectivity index (χ1n) is 5.34. The maximum absolute atomic E-state index is 11.5. The predicted molar refractivity (Wildman–Crippen MR) is 54.1 cm³/mol. The van der Waals surface area contributed by atoms with E-state index >= 15 is 0 Å². The number of aliphatic hydroxyl groups is 1. The molecule has 0 aromatic rings. The Morgan fingerprint density at radius 3 is 2.82 bits per heavy atom. The number of esters is 1. The van der Waals surface area contributed by atoms with Gasteiger partial charge in [-0.3, -0.25) is 4.79 Å². The number of rotatable bonds is 2. The van der Waals surface area contributed by atoms with Gasteiger partial charge in [-0.1, -0.05) is 0 Å². The van der Waals surface area contributed by atoms with E-state index in [9.17, 15) is 14.7 Å². The minimum absolute atomic E-state index is 0.282. The summed E-state index contributed by atoms with van der Waals surface area (Å²) in [6.07, 6.45) is -2.61. The van der Waals surface area contributed by atoms with Gasteiger partial charge in [0, 0.05) is 7.11 Å². The zero-order valence-electron chi connectivity index (χ0n) is 9.58. The summed E-state index contributed by atoms with van der Waals surface area (Å²) in [6, 6.07) is -0.333. The highest BCUT2D eigenvalue weighted by molar-refractivity contribution is 5.75. The van der Waals surface area contributed by atoms with Crippen molar-refractivity contribution in [1.29, 1.82) is 0 Å². The number of fused-ring (bicyclic) bond motifs is 1. The molecular weight excluding hydrogens is 230 g/mol. The first-order valence-corrected chi connectivity index (χ1v) is 5.34. The number of aliphatic hydroxyl groups excluding tert-OH is 1. The number of amides is 1. The van der Waals surface area contributed by atoms with Crippen molar-refractivity contribution in [2.24, 2.45) is 5.92 Å². The van der Waals surface area contributed by atoms with Gasteiger partial charge < -0.3 is 24.6 Å². The van der Waals surface area contributed by atoms with E-state index in [4.69, 9.17) is 9.47 Å². The molecule has 0 spiro atoms. The Bertz CT molecular complexity index is 333.